The number of carbonyl (C=O) groups is 1. The van der Waals surface area contributed by atoms with E-state index in [1.807, 2.05) is 31.7 Å². The summed E-state index contributed by atoms with van der Waals surface area (Å²) < 4.78 is 5.66. The number of nitrogens with zero attached hydrogens (tertiary/aromatic N) is 1. The van der Waals surface area contributed by atoms with E-state index >= 15 is 0 Å². The molecule has 150 valence electrons. The van der Waals surface area contributed by atoms with Gasteiger partial charge in [-0.3, -0.25) is 4.90 Å². The second-order valence-electron chi connectivity index (χ2n) is 8.39. The van der Waals surface area contributed by atoms with Crippen molar-refractivity contribution in [1.82, 2.24) is 10.2 Å². The fraction of sp³-hybridized carbons (Fsp3) is 0.435. The molecule has 1 amide bonds. The number of carbonyl (C=O) groups excluding carboxylic acids is 1. The molecular formula is C23H31N3O2. The highest BCUT2D eigenvalue weighted by Gasteiger charge is 2.32. The molecule has 28 heavy (non-hydrogen) atoms. The van der Waals surface area contributed by atoms with Gasteiger partial charge in [-0.2, -0.15) is 0 Å². The van der Waals surface area contributed by atoms with Crippen molar-refractivity contribution in [2.24, 2.45) is 5.73 Å². The molecule has 1 atom stereocenters. The van der Waals surface area contributed by atoms with Crippen LogP contribution in [0.15, 0.2) is 48.5 Å². The van der Waals surface area contributed by atoms with E-state index in [1.54, 1.807) is 0 Å². The Balaban J connectivity index is 1.67. The first-order valence-corrected chi connectivity index (χ1v) is 9.91. The van der Waals surface area contributed by atoms with Crippen molar-refractivity contribution in [3.8, 4) is 0 Å². The van der Waals surface area contributed by atoms with Crippen molar-refractivity contribution in [3.05, 3.63) is 70.8 Å². The Labute approximate surface area is 167 Å². The van der Waals surface area contributed by atoms with Crippen molar-refractivity contribution in [3.63, 3.8) is 0 Å². The SMILES string of the molecule is CC(C)(C)OC(=O)N1Cc2ccccc2CC1CNCc1ccc(CN)cc1. The average molecular weight is 382 g/mol. The number of fused-ring (bicyclic) bond motifs is 1. The predicted molar refractivity (Wildman–Crippen MR) is 112 cm³/mol. The summed E-state index contributed by atoms with van der Waals surface area (Å²) in [6, 6.07) is 16.7. The number of rotatable bonds is 5. The second kappa shape index (κ2) is 8.76. The third-order valence-electron chi connectivity index (χ3n) is 4.95. The van der Waals surface area contributed by atoms with Crippen molar-refractivity contribution < 1.29 is 9.53 Å². The molecule has 3 N–H and O–H groups in total. The van der Waals surface area contributed by atoms with Gasteiger partial charge < -0.3 is 15.8 Å². The summed E-state index contributed by atoms with van der Waals surface area (Å²) in [5.74, 6) is 0. The number of amides is 1. The van der Waals surface area contributed by atoms with E-state index in [-0.39, 0.29) is 12.1 Å². The highest BCUT2D eigenvalue weighted by Crippen LogP contribution is 2.25. The first-order chi connectivity index (χ1) is 13.4. The number of benzene rings is 2. The van der Waals surface area contributed by atoms with E-state index in [1.165, 1.54) is 16.7 Å². The van der Waals surface area contributed by atoms with Crippen LogP contribution in [-0.4, -0.2) is 29.2 Å². The number of nitrogens with one attached hydrogen (secondary N) is 1. The lowest BCUT2D eigenvalue weighted by molar-refractivity contribution is 0.0119. The lowest BCUT2D eigenvalue weighted by Gasteiger charge is -2.38. The van der Waals surface area contributed by atoms with Gasteiger partial charge in [0.25, 0.3) is 0 Å². The van der Waals surface area contributed by atoms with Gasteiger partial charge in [0.2, 0.25) is 0 Å². The van der Waals surface area contributed by atoms with Crippen LogP contribution in [0.4, 0.5) is 4.79 Å². The smallest absolute Gasteiger partial charge is 0.410 e. The standard InChI is InChI=1S/C23H31N3O2/c1-23(2,3)28-22(27)26-16-20-7-5-4-6-19(20)12-21(26)15-25-14-18-10-8-17(13-24)9-11-18/h4-11,21,25H,12-16,24H2,1-3H3. The van der Waals surface area contributed by atoms with Crippen LogP contribution >= 0.6 is 0 Å². The summed E-state index contributed by atoms with van der Waals surface area (Å²) in [6.07, 6.45) is 0.579. The minimum absolute atomic E-state index is 0.0630. The lowest BCUT2D eigenvalue weighted by atomic mass is 9.94. The Hall–Kier alpha value is -2.37. The van der Waals surface area contributed by atoms with Crippen LogP contribution in [0.2, 0.25) is 0 Å². The molecule has 0 spiro atoms. The summed E-state index contributed by atoms with van der Waals surface area (Å²) in [6.45, 7) is 8.32. The van der Waals surface area contributed by atoms with Crippen molar-refractivity contribution in [1.29, 1.82) is 0 Å². The summed E-state index contributed by atoms with van der Waals surface area (Å²) in [4.78, 5) is 14.7. The van der Waals surface area contributed by atoms with Crippen molar-refractivity contribution >= 4 is 6.09 Å². The third kappa shape index (κ3) is 5.33. The van der Waals surface area contributed by atoms with Crippen LogP contribution in [0.1, 0.15) is 43.0 Å². The molecule has 0 fully saturated rings. The quantitative estimate of drug-likeness (QED) is 0.830. The molecule has 0 saturated carbocycles. The molecule has 0 aliphatic carbocycles. The fourth-order valence-corrected chi connectivity index (χ4v) is 3.48. The Morgan fingerprint density at radius 1 is 1.11 bits per heavy atom. The lowest BCUT2D eigenvalue weighted by Crippen LogP contribution is -2.50. The van der Waals surface area contributed by atoms with Gasteiger partial charge in [-0.15, -0.1) is 0 Å². The van der Waals surface area contributed by atoms with E-state index in [2.05, 4.69) is 47.8 Å². The zero-order chi connectivity index (χ0) is 20.1. The summed E-state index contributed by atoms with van der Waals surface area (Å²) in [7, 11) is 0. The third-order valence-corrected chi connectivity index (χ3v) is 4.95. The summed E-state index contributed by atoms with van der Waals surface area (Å²) >= 11 is 0. The molecule has 0 saturated heterocycles. The van der Waals surface area contributed by atoms with Gasteiger partial charge >= 0.3 is 6.09 Å². The molecule has 5 heteroatoms. The summed E-state index contributed by atoms with van der Waals surface area (Å²) in [5, 5.41) is 3.51. The van der Waals surface area contributed by atoms with Crippen LogP contribution < -0.4 is 11.1 Å². The van der Waals surface area contributed by atoms with E-state index < -0.39 is 5.60 Å². The maximum absolute atomic E-state index is 12.8. The van der Waals surface area contributed by atoms with Gasteiger partial charge in [-0.25, -0.2) is 4.79 Å². The van der Waals surface area contributed by atoms with E-state index in [0.717, 1.165) is 18.5 Å². The van der Waals surface area contributed by atoms with Crippen LogP contribution in [0, 0.1) is 0 Å². The number of hydrogen-bond donors (Lipinski definition) is 2. The Morgan fingerprint density at radius 2 is 1.75 bits per heavy atom. The molecule has 1 unspecified atom stereocenters. The van der Waals surface area contributed by atoms with Gasteiger partial charge in [-0.05, 0) is 49.4 Å². The number of hydrogen-bond acceptors (Lipinski definition) is 4. The Bertz CT molecular complexity index is 796. The Kier molecular flexibility index (Phi) is 6.37. The van der Waals surface area contributed by atoms with Crippen molar-refractivity contribution in [2.75, 3.05) is 6.54 Å². The predicted octanol–water partition coefficient (Wildman–Crippen LogP) is 3.60. The summed E-state index contributed by atoms with van der Waals surface area (Å²) in [5.41, 5.74) is 9.99. The topological polar surface area (TPSA) is 67.6 Å². The first-order valence-electron chi connectivity index (χ1n) is 9.91. The average Bonchev–Trinajstić information content (AvgIpc) is 2.66. The van der Waals surface area contributed by atoms with Crippen LogP contribution in [0.3, 0.4) is 0 Å². The molecule has 0 bridgehead atoms. The highest BCUT2D eigenvalue weighted by molar-refractivity contribution is 5.69. The van der Waals surface area contributed by atoms with E-state index in [0.29, 0.717) is 19.6 Å². The van der Waals surface area contributed by atoms with Gasteiger partial charge in [0.05, 0.1) is 6.04 Å². The van der Waals surface area contributed by atoms with E-state index in [9.17, 15) is 4.79 Å². The van der Waals surface area contributed by atoms with E-state index in [4.69, 9.17) is 10.5 Å². The Morgan fingerprint density at radius 3 is 2.39 bits per heavy atom. The largest absolute Gasteiger partial charge is 0.444 e. The van der Waals surface area contributed by atoms with Gasteiger partial charge in [0.15, 0.2) is 0 Å². The number of nitrogens with two attached hydrogens (primary N) is 1. The maximum Gasteiger partial charge on any atom is 0.410 e. The minimum atomic E-state index is -0.503. The molecule has 3 rings (SSSR count). The van der Waals surface area contributed by atoms with Gasteiger partial charge in [-0.1, -0.05) is 48.5 Å². The highest BCUT2D eigenvalue weighted by atomic mass is 16.6. The fourth-order valence-electron chi connectivity index (χ4n) is 3.48. The van der Waals surface area contributed by atoms with Crippen LogP contribution in [0.5, 0.6) is 0 Å². The molecular weight excluding hydrogens is 350 g/mol. The molecule has 0 radical (unpaired) electrons. The molecule has 5 nitrogen and oxygen atoms in total. The molecule has 1 aliphatic heterocycles. The first kappa shape index (κ1) is 20.4. The van der Waals surface area contributed by atoms with Gasteiger partial charge in [0, 0.05) is 26.2 Å². The zero-order valence-corrected chi connectivity index (χ0v) is 17.1. The number of ether oxygens (including phenoxy) is 1. The van der Waals surface area contributed by atoms with Crippen molar-refractivity contribution in [2.45, 2.75) is 58.5 Å². The minimum Gasteiger partial charge on any atom is -0.444 e. The monoisotopic (exact) mass is 381 g/mol. The van der Waals surface area contributed by atoms with Crippen LogP contribution in [-0.2, 0) is 30.8 Å². The molecule has 2 aromatic carbocycles. The van der Waals surface area contributed by atoms with Gasteiger partial charge in [0.1, 0.15) is 5.60 Å². The second-order valence-corrected chi connectivity index (χ2v) is 8.39. The molecule has 0 aromatic heterocycles. The molecule has 2 aromatic rings. The normalized spacial score (nSPS) is 16.6. The van der Waals surface area contributed by atoms with Crippen LogP contribution in [0.25, 0.3) is 0 Å². The molecule has 1 aliphatic rings. The molecule has 1 heterocycles. The maximum atomic E-state index is 12.8. The zero-order valence-electron chi connectivity index (χ0n) is 17.1.